The Balaban J connectivity index is 2.17. The number of rotatable bonds is 3. The number of nitrogens with two attached hydrogens (primary N) is 1. The van der Waals surface area contributed by atoms with Crippen molar-refractivity contribution >= 4 is 0 Å². The third-order valence-electron chi connectivity index (χ3n) is 2.76. The van der Waals surface area contributed by atoms with Crippen molar-refractivity contribution < 1.29 is 4.39 Å². The quantitative estimate of drug-likeness (QED) is 0.790. The van der Waals surface area contributed by atoms with Crippen molar-refractivity contribution in [1.29, 1.82) is 0 Å². The van der Waals surface area contributed by atoms with Crippen LogP contribution in [0.3, 0.4) is 0 Å². The summed E-state index contributed by atoms with van der Waals surface area (Å²) in [6, 6.07) is 5.19. The zero-order chi connectivity index (χ0) is 9.97. The van der Waals surface area contributed by atoms with E-state index in [9.17, 15) is 4.39 Å². The van der Waals surface area contributed by atoms with E-state index < -0.39 is 0 Å². The second kappa shape index (κ2) is 4.07. The summed E-state index contributed by atoms with van der Waals surface area (Å²) < 4.78 is 13.3. The van der Waals surface area contributed by atoms with Crippen LogP contribution in [-0.4, -0.2) is 18.0 Å². The van der Waals surface area contributed by atoms with E-state index in [-0.39, 0.29) is 12.4 Å². The Morgan fingerprint density at radius 1 is 1.36 bits per heavy atom. The molecule has 1 heterocycles. The van der Waals surface area contributed by atoms with Crippen molar-refractivity contribution in [3.63, 3.8) is 0 Å². The van der Waals surface area contributed by atoms with Gasteiger partial charge in [0.1, 0.15) is 5.82 Å². The molecule has 0 atom stereocenters. The lowest BCUT2D eigenvalue weighted by molar-refractivity contribution is 0.172. The Hall–Kier alpha value is -0.930. The smallest absolute Gasteiger partial charge is 0.128 e. The minimum Gasteiger partial charge on any atom is -0.326 e. The summed E-state index contributed by atoms with van der Waals surface area (Å²) in [5.74, 6) is -0.175. The average molecular weight is 194 g/mol. The van der Waals surface area contributed by atoms with Crippen molar-refractivity contribution in [3.05, 3.63) is 35.1 Å². The maximum absolute atomic E-state index is 13.3. The summed E-state index contributed by atoms with van der Waals surface area (Å²) in [5.41, 5.74) is 7.23. The van der Waals surface area contributed by atoms with E-state index in [1.54, 1.807) is 6.07 Å². The fourth-order valence-electron chi connectivity index (χ4n) is 1.76. The average Bonchev–Trinajstić information content (AvgIpc) is 2.11. The lowest BCUT2D eigenvalue weighted by Crippen LogP contribution is -2.36. The van der Waals surface area contributed by atoms with E-state index in [2.05, 4.69) is 4.90 Å². The minimum atomic E-state index is -0.175. The van der Waals surface area contributed by atoms with Gasteiger partial charge >= 0.3 is 0 Å². The number of benzene rings is 1. The second-order valence-corrected chi connectivity index (χ2v) is 3.71. The van der Waals surface area contributed by atoms with Gasteiger partial charge in [-0.05, 0) is 31.1 Å². The molecule has 1 aliphatic heterocycles. The van der Waals surface area contributed by atoms with E-state index >= 15 is 0 Å². The van der Waals surface area contributed by atoms with Crippen LogP contribution < -0.4 is 5.73 Å². The molecule has 2 nitrogen and oxygen atoms in total. The molecule has 1 saturated heterocycles. The first-order valence-electron chi connectivity index (χ1n) is 5.00. The largest absolute Gasteiger partial charge is 0.326 e. The number of halogens is 1. The molecule has 0 radical (unpaired) electrons. The highest BCUT2D eigenvalue weighted by Crippen LogP contribution is 2.18. The predicted octanol–water partition coefficient (Wildman–Crippen LogP) is 1.49. The zero-order valence-corrected chi connectivity index (χ0v) is 8.17. The fourth-order valence-corrected chi connectivity index (χ4v) is 1.76. The summed E-state index contributed by atoms with van der Waals surface area (Å²) in [4.78, 5) is 2.30. The molecule has 0 aromatic heterocycles. The van der Waals surface area contributed by atoms with Crippen LogP contribution in [0.1, 0.15) is 17.5 Å². The predicted molar refractivity (Wildman–Crippen MR) is 54.2 cm³/mol. The molecule has 2 N–H and O–H groups in total. The summed E-state index contributed by atoms with van der Waals surface area (Å²) in [6.45, 7) is 3.38. The molecule has 1 aromatic rings. The zero-order valence-electron chi connectivity index (χ0n) is 8.17. The number of hydrogen-bond acceptors (Lipinski definition) is 2. The molecule has 0 spiro atoms. The van der Waals surface area contributed by atoms with E-state index in [1.807, 2.05) is 6.07 Å². The van der Waals surface area contributed by atoms with Crippen LogP contribution in [0.15, 0.2) is 18.2 Å². The Morgan fingerprint density at radius 2 is 2.14 bits per heavy atom. The first-order chi connectivity index (χ1) is 6.81. The summed E-state index contributed by atoms with van der Waals surface area (Å²) in [6.07, 6.45) is 1.26. The van der Waals surface area contributed by atoms with Crippen LogP contribution >= 0.6 is 0 Å². The van der Waals surface area contributed by atoms with Gasteiger partial charge in [-0.25, -0.2) is 4.39 Å². The van der Waals surface area contributed by atoms with Gasteiger partial charge < -0.3 is 5.73 Å². The summed E-state index contributed by atoms with van der Waals surface area (Å²) in [5, 5.41) is 0. The van der Waals surface area contributed by atoms with Crippen molar-refractivity contribution in [2.75, 3.05) is 13.1 Å². The summed E-state index contributed by atoms with van der Waals surface area (Å²) >= 11 is 0. The van der Waals surface area contributed by atoms with Gasteiger partial charge in [0.15, 0.2) is 0 Å². The number of nitrogens with zero attached hydrogens (tertiary/aromatic N) is 1. The number of hydrogen-bond donors (Lipinski definition) is 1. The molecule has 3 heteroatoms. The third-order valence-corrected chi connectivity index (χ3v) is 2.76. The van der Waals surface area contributed by atoms with Gasteiger partial charge in [-0.2, -0.15) is 0 Å². The molecule has 14 heavy (non-hydrogen) atoms. The molecule has 2 rings (SSSR count). The topological polar surface area (TPSA) is 29.3 Å². The van der Waals surface area contributed by atoms with Crippen LogP contribution in [0, 0.1) is 5.82 Å². The monoisotopic (exact) mass is 194 g/mol. The Morgan fingerprint density at radius 3 is 2.71 bits per heavy atom. The van der Waals surface area contributed by atoms with E-state index in [0.29, 0.717) is 5.56 Å². The highest BCUT2D eigenvalue weighted by atomic mass is 19.1. The van der Waals surface area contributed by atoms with Crippen LogP contribution in [0.4, 0.5) is 4.39 Å². The molecule has 0 bridgehead atoms. The normalized spacial score (nSPS) is 16.7. The first-order valence-corrected chi connectivity index (χ1v) is 5.00. The van der Waals surface area contributed by atoms with E-state index in [1.165, 1.54) is 12.5 Å². The van der Waals surface area contributed by atoms with Crippen LogP contribution in [0.2, 0.25) is 0 Å². The molecular formula is C11H15FN2. The van der Waals surface area contributed by atoms with E-state index in [0.717, 1.165) is 25.2 Å². The molecular weight excluding hydrogens is 179 g/mol. The maximum atomic E-state index is 13.3. The van der Waals surface area contributed by atoms with Gasteiger partial charge in [0.25, 0.3) is 0 Å². The van der Waals surface area contributed by atoms with Crippen molar-refractivity contribution in [2.24, 2.45) is 5.73 Å². The highest BCUT2D eigenvalue weighted by molar-refractivity contribution is 5.28. The SMILES string of the molecule is NCc1c(F)cccc1CN1CCC1. The molecule has 0 saturated carbocycles. The van der Waals surface area contributed by atoms with Gasteiger partial charge in [-0.3, -0.25) is 4.90 Å². The second-order valence-electron chi connectivity index (χ2n) is 3.71. The summed E-state index contributed by atoms with van der Waals surface area (Å²) in [7, 11) is 0. The Labute approximate surface area is 83.5 Å². The Kier molecular flexibility index (Phi) is 2.79. The molecule has 0 aliphatic carbocycles. The molecule has 1 aromatic carbocycles. The fraction of sp³-hybridized carbons (Fsp3) is 0.455. The standard InChI is InChI=1S/C11H15FN2/c12-11-4-1-3-9(10(11)7-13)8-14-5-2-6-14/h1,3-4H,2,5-8,13H2. The molecule has 0 unspecified atom stereocenters. The van der Waals surface area contributed by atoms with Crippen molar-refractivity contribution in [1.82, 2.24) is 4.90 Å². The van der Waals surface area contributed by atoms with Gasteiger partial charge in [0.2, 0.25) is 0 Å². The molecule has 1 fully saturated rings. The lowest BCUT2D eigenvalue weighted by Gasteiger charge is -2.31. The van der Waals surface area contributed by atoms with Gasteiger partial charge in [0, 0.05) is 18.7 Å². The van der Waals surface area contributed by atoms with Crippen molar-refractivity contribution in [3.8, 4) is 0 Å². The molecule has 76 valence electrons. The van der Waals surface area contributed by atoms with Crippen LogP contribution in [-0.2, 0) is 13.1 Å². The van der Waals surface area contributed by atoms with Gasteiger partial charge in [0.05, 0.1) is 0 Å². The lowest BCUT2D eigenvalue weighted by atomic mass is 10.0. The van der Waals surface area contributed by atoms with Crippen LogP contribution in [0.25, 0.3) is 0 Å². The minimum absolute atomic E-state index is 0.175. The van der Waals surface area contributed by atoms with Crippen molar-refractivity contribution in [2.45, 2.75) is 19.5 Å². The van der Waals surface area contributed by atoms with Gasteiger partial charge in [-0.15, -0.1) is 0 Å². The van der Waals surface area contributed by atoms with E-state index in [4.69, 9.17) is 5.73 Å². The maximum Gasteiger partial charge on any atom is 0.128 e. The molecule has 0 amide bonds. The highest BCUT2D eigenvalue weighted by Gasteiger charge is 2.16. The Bertz CT molecular complexity index is 321. The first kappa shape index (κ1) is 9.62. The number of likely N-dealkylation sites (tertiary alicyclic amines) is 1. The molecule has 1 aliphatic rings. The van der Waals surface area contributed by atoms with Crippen LogP contribution in [0.5, 0.6) is 0 Å². The third kappa shape index (κ3) is 1.79. The van der Waals surface area contributed by atoms with Gasteiger partial charge in [-0.1, -0.05) is 12.1 Å².